The first kappa shape index (κ1) is 20.3. The van der Waals surface area contributed by atoms with Crippen LogP contribution in [-0.4, -0.2) is 44.3 Å². The highest BCUT2D eigenvalue weighted by atomic mass is 79.9. The molecule has 1 aliphatic heterocycles. The van der Waals surface area contributed by atoms with E-state index in [9.17, 15) is 0 Å². The van der Waals surface area contributed by atoms with Gasteiger partial charge in [-0.15, -0.1) is 0 Å². The van der Waals surface area contributed by atoms with Crippen molar-refractivity contribution in [2.24, 2.45) is 0 Å². The quantitative estimate of drug-likeness (QED) is 0.603. The SMILES string of the molecule is Cc1ccc(COc2ccc(Br)cc2CNCCCN2CCOCC2)cc1. The van der Waals surface area contributed by atoms with Crippen LogP contribution in [0.2, 0.25) is 0 Å². The topological polar surface area (TPSA) is 33.7 Å². The van der Waals surface area contributed by atoms with E-state index in [1.165, 1.54) is 16.7 Å². The predicted octanol–water partition coefficient (Wildman–Crippen LogP) is 4.15. The maximum Gasteiger partial charge on any atom is 0.124 e. The Labute approximate surface area is 171 Å². The van der Waals surface area contributed by atoms with E-state index in [2.05, 4.69) is 63.4 Å². The molecular formula is C22H29BrN2O2. The van der Waals surface area contributed by atoms with E-state index in [4.69, 9.17) is 9.47 Å². The third kappa shape index (κ3) is 6.92. The van der Waals surface area contributed by atoms with Gasteiger partial charge in [-0.3, -0.25) is 4.90 Å². The van der Waals surface area contributed by atoms with Crippen molar-refractivity contribution in [3.05, 3.63) is 63.6 Å². The zero-order chi connectivity index (χ0) is 18.9. The van der Waals surface area contributed by atoms with Crippen molar-refractivity contribution in [2.75, 3.05) is 39.4 Å². The Bertz CT molecular complexity index is 700. The Hall–Kier alpha value is -1.40. The van der Waals surface area contributed by atoms with Crippen molar-refractivity contribution < 1.29 is 9.47 Å². The van der Waals surface area contributed by atoms with E-state index >= 15 is 0 Å². The number of hydrogen-bond donors (Lipinski definition) is 1. The molecule has 0 atom stereocenters. The molecule has 4 nitrogen and oxygen atoms in total. The maximum atomic E-state index is 6.09. The fourth-order valence-electron chi connectivity index (χ4n) is 3.15. The van der Waals surface area contributed by atoms with Gasteiger partial charge in [-0.2, -0.15) is 0 Å². The molecule has 0 saturated carbocycles. The minimum absolute atomic E-state index is 0.589. The maximum absolute atomic E-state index is 6.09. The molecule has 1 saturated heterocycles. The Balaban J connectivity index is 1.45. The lowest BCUT2D eigenvalue weighted by Gasteiger charge is -2.26. The van der Waals surface area contributed by atoms with Gasteiger partial charge in [-0.1, -0.05) is 45.8 Å². The van der Waals surface area contributed by atoms with Crippen molar-refractivity contribution >= 4 is 15.9 Å². The lowest BCUT2D eigenvalue weighted by atomic mass is 10.1. The molecule has 1 heterocycles. The minimum Gasteiger partial charge on any atom is -0.489 e. The Morgan fingerprint density at radius 1 is 1.11 bits per heavy atom. The number of nitrogens with zero attached hydrogens (tertiary/aromatic N) is 1. The van der Waals surface area contributed by atoms with E-state index in [0.29, 0.717) is 6.61 Å². The number of rotatable bonds is 9. The van der Waals surface area contributed by atoms with Crippen LogP contribution >= 0.6 is 15.9 Å². The molecule has 0 spiro atoms. The second kappa shape index (κ2) is 10.8. The molecule has 1 aliphatic rings. The fourth-order valence-corrected chi connectivity index (χ4v) is 3.56. The van der Waals surface area contributed by atoms with Gasteiger partial charge in [0.15, 0.2) is 0 Å². The van der Waals surface area contributed by atoms with Gasteiger partial charge in [0.25, 0.3) is 0 Å². The number of nitrogens with one attached hydrogen (secondary N) is 1. The number of hydrogen-bond acceptors (Lipinski definition) is 4. The zero-order valence-electron chi connectivity index (χ0n) is 16.0. The first-order valence-corrected chi connectivity index (χ1v) is 10.5. The molecule has 0 amide bonds. The van der Waals surface area contributed by atoms with Gasteiger partial charge in [-0.25, -0.2) is 0 Å². The summed E-state index contributed by atoms with van der Waals surface area (Å²) in [6.45, 7) is 9.48. The first-order valence-electron chi connectivity index (χ1n) is 9.68. The summed E-state index contributed by atoms with van der Waals surface area (Å²) in [4.78, 5) is 2.47. The van der Waals surface area contributed by atoms with Crippen molar-refractivity contribution in [1.82, 2.24) is 10.2 Å². The molecule has 1 N–H and O–H groups in total. The standard InChI is InChI=1S/C22H29BrN2O2/c1-18-3-5-19(6-4-18)17-27-22-8-7-21(23)15-20(22)16-24-9-2-10-25-11-13-26-14-12-25/h3-8,15,24H,2,9-14,16-17H2,1H3. The summed E-state index contributed by atoms with van der Waals surface area (Å²) < 4.78 is 12.6. The van der Waals surface area contributed by atoms with Gasteiger partial charge in [0.05, 0.1) is 13.2 Å². The number of morpholine rings is 1. The van der Waals surface area contributed by atoms with Gasteiger partial charge >= 0.3 is 0 Å². The van der Waals surface area contributed by atoms with E-state index in [-0.39, 0.29) is 0 Å². The van der Waals surface area contributed by atoms with E-state index < -0.39 is 0 Å². The fraction of sp³-hybridized carbons (Fsp3) is 0.455. The lowest BCUT2D eigenvalue weighted by molar-refractivity contribution is 0.0374. The Morgan fingerprint density at radius 2 is 1.89 bits per heavy atom. The summed E-state index contributed by atoms with van der Waals surface area (Å²) in [7, 11) is 0. The van der Waals surface area contributed by atoms with Gasteiger partial charge in [-0.05, 0) is 50.2 Å². The number of halogens is 1. The summed E-state index contributed by atoms with van der Waals surface area (Å²) >= 11 is 3.57. The monoisotopic (exact) mass is 432 g/mol. The highest BCUT2D eigenvalue weighted by molar-refractivity contribution is 9.10. The second-order valence-corrected chi connectivity index (χ2v) is 7.93. The van der Waals surface area contributed by atoms with Crippen LogP contribution in [0.3, 0.4) is 0 Å². The van der Waals surface area contributed by atoms with Crippen LogP contribution in [0.4, 0.5) is 0 Å². The smallest absolute Gasteiger partial charge is 0.124 e. The highest BCUT2D eigenvalue weighted by Gasteiger charge is 2.09. The third-order valence-electron chi connectivity index (χ3n) is 4.78. The lowest BCUT2D eigenvalue weighted by Crippen LogP contribution is -2.37. The van der Waals surface area contributed by atoms with Crippen LogP contribution in [0, 0.1) is 6.92 Å². The predicted molar refractivity (Wildman–Crippen MR) is 113 cm³/mol. The van der Waals surface area contributed by atoms with Crippen molar-refractivity contribution in [1.29, 1.82) is 0 Å². The molecule has 0 bridgehead atoms. The molecule has 0 aliphatic carbocycles. The summed E-state index contributed by atoms with van der Waals surface area (Å²) in [5, 5.41) is 3.56. The first-order chi connectivity index (χ1) is 13.2. The molecule has 0 unspecified atom stereocenters. The Morgan fingerprint density at radius 3 is 2.67 bits per heavy atom. The molecule has 0 aromatic heterocycles. The molecule has 2 aromatic carbocycles. The molecule has 1 fully saturated rings. The van der Waals surface area contributed by atoms with Crippen LogP contribution in [0.5, 0.6) is 5.75 Å². The van der Waals surface area contributed by atoms with Crippen LogP contribution in [0.15, 0.2) is 46.9 Å². The molecular weight excluding hydrogens is 404 g/mol. The van der Waals surface area contributed by atoms with Crippen molar-refractivity contribution in [3.8, 4) is 5.75 Å². The molecule has 2 aromatic rings. The highest BCUT2D eigenvalue weighted by Crippen LogP contribution is 2.24. The summed E-state index contributed by atoms with van der Waals surface area (Å²) in [6.07, 6.45) is 1.15. The van der Waals surface area contributed by atoms with Crippen LogP contribution in [0.25, 0.3) is 0 Å². The van der Waals surface area contributed by atoms with Crippen molar-refractivity contribution in [2.45, 2.75) is 26.5 Å². The largest absolute Gasteiger partial charge is 0.489 e. The summed E-state index contributed by atoms with van der Waals surface area (Å²) in [5.41, 5.74) is 3.64. The van der Waals surface area contributed by atoms with Gasteiger partial charge in [0, 0.05) is 29.7 Å². The summed E-state index contributed by atoms with van der Waals surface area (Å²) in [5.74, 6) is 0.944. The minimum atomic E-state index is 0.589. The molecule has 146 valence electrons. The summed E-state index contributed by atoms with van der Waals surface area (Å²) in [6, 6.07) is 14.7. The third-order valence-corrected chi connectivity index (χ3v) is 5.28. The van der Waals surface area contributed by atoms with Gasteiger partial charge in [0.2, 0.25) is 0 Å². The number of ether oxygens (including phenoxy) is 2. The molecule has 27 heavy (non-hydrogen) atoms. The zero-order valence-corrected chi connectivity index (χ0v) is 17.6. The van der Waals surface area contributed by atoms with E-state index in [1.807, 2.05) is 12.1 Å². The molecule has 0 radical (unpaired) electrons. The van der Waals surface area contributed by atoms with Crippen LogP contribution in [-0.2, 0) is 17.9 Å². The average Bonchev–Trinajstić information content (AvgIpc) is 2.69. The van der Waals surface area contributed by atoms with E-state index in [0.717, 1.165) is 62.6 Å². The van der Waals surface area contributed by atoms with E-state index in [1.54, 1.807) is 0 Å². The van der Waals surface area contributed by atoms with Crippen molar-refractivity contribution in [3.63, 3.8) is 0 Å². The number of benzene rings is 2. The Kier molecular flexibility index (Phi) is 8.14. The number of aryl methyl sites for hydroxylation is 1. The van der Waals surface area contributed by atoms with Crippen LogP contribution in [0.1, 0.15) is 23.1 Å². The normalized spacial score (nSPS) is 15.0. The second-order valence-electron chi connectivity index (χ2n) is 7.01. The molecule has 3 rings (SSSR count). The average molecular weight is 433 g/mol. The van der Waals surface area contributed by atoms with Crippen LogP contribution < -0.4 is 10.1 Å². The van der Waals surface area contributed by atoms with Gasteiger partial charge in [0.1, 0.15) is 12.4 Å². The molecule has 5 heteroatoms. The van der Waals surface area contributed by atoms with Gasteiger partial charge < -0.3 is 14.8 Å².